The summed E-state index contributed by atoms with van der Waals surface area (Å²) in [4.78, 5) is 23.9. The van der Waals surface area contributed by atoms with Crippen molar-refractivity contribution in [3.05, 3.63) is 35.6 Å². The van der Waals surface area contributed by atoms with Crippen LogP contribution in [0.2, 0.25) is 0 Å². The van der Waals surface area contributed by atoms with Gasteiger partial charge in [0.05, 0.1) is 0 Å². The maximum Gasteiger partial charge on any atom is 0.243 e. The molecule has 2 atom stereocenters. The second-order valence-corrected chi connectivity index (χ2v) is 6.85. The largest absolute Gasteiger partial charge is 0.354 e. The number of benzene rings is 1. The fraction of sp³-hybridized carbons (Fsp3) is 0.529. The molecule has 1 heterocycles. The van der Waals surface area contributed by atoms with Gasteiger partial charge in [-0.25, -0.2) is 4.39 Å². The summed E-state index contributed by atoms with van der Waals surface area (Å²) in [6.07, 6.45) is 0.946. The van der Waals surface area contributed by atoms with Crippen LogP contribution in [0.1, 0.15) is 32.8 Å². The zero-order chi connectivity index (χ0) is 16.3. The van der Waals surface area contributed by atoms with Crippen LogP contribution in [0.4, 0.5) is 4.39 Å². The second-order valence-electron chi connectivity index (χ2n) is 6.85. The van der Waals surface area contributed by atoms with Gasteiger partial charge in [0.2, 0.25) is 11.8 Å². The zero-order valence-electron chi connectivity index (χ0n) is 13.3. The smallest absolute Gasteiger partial charge is 0.243 e. The molecule has 120 valence electrons. The van der Waals surface area contributed by atoms with E-state index in [0.717, 1.165) is 5.56 Å². The Morgan fingerprint density at radius 2 is 2.23 bits per heavy atom. The molecule has 0 radical (unpaired) electrons. The summed E-state index contributed by atoms with van der Waals surface area (Å²) >= 11 is 0. The molecule has 1 saturated heterocycles. The molecule has 2 N–H and O–H groups in total. The van der Waals surface area contributed by atoms with Crippen molar-refractivity contribution >= 4 is 11.8 Å². The Labute approximate surface area is 130 Å². The third-order valence-corrected chi connectivity index (χ3v) is 4.07. The van der Waals surface area contributed by atoms with Crippen LogP contribution in [0.15, 0.2) is 24.3 Å². The Kier molecular flexibility index (Phi) is 4.84. The van der Waals surface area contributed by atoms with Crippen LogP contribution in [0, 0.1) is 17.2 Å². The van der Waals surface area contributed by atoms with Gasteiger partial charge in [-0.2, -0.15) is 0 Å². The minimum absolute atomic E-state index is 0.0781. The van der Waals surface area contributed by atoms with E-state index in [9.17, 15) is 14.0 Å². The Morgan fingerprint density at radius 3 is 2.82 bits per heavy atom. The minimum atomic E-state index is -0.485. The van der Waals surface area contributed by atoms with Gasteiger partial charge in [0.1, 0.15) is 11.9 Å². The molecule has 1 aromatic rings. The quantitative estimate of drug-likeness (QED) is 0.874. The maximum atomic E-state index is 13.2. The summed E-state index contributed by atoms with van der Waals surface area (Å²) in [5, 5.41) is 5.59. The standard InChI is InChI=1S/C17H23FN2O2/c1-11(7-12-5-4-6-13(18)9-12)8-14(21)20-15-16(22)19-10-17(15,2)3/h4-6,9,11,15H,7-8,10H2,1-3H3,(H,19,22)(H,20,21)/t11-,15+/m1/s1. The van der Waals surface area contributed by atoms with Gasteiger partial charge >= 0.3 is 0 Å². The molecule has 4 nitrogen and oxygen atoms in total. The van der Waals surface area contributed by atoms with Gasteiger partial charge in [0.15, 0.2) is 0 Å². The van der Waals surface area contributed by atoms with Gasteiger partial charge in [-0.05, 0) is 30.0 Å². The molecule has 0 unspecified atom stereocenters. The summed E-state index contributed by atoms with van der Waals surface area (Å²) in [6.45, 7) is 6.41. The fourth-order valence-electron chi connectivity index (χ4n) is 2.81. The average Bonchev–Trinajstić information content (AvgIpc) is 2.65. The number of halogens is 1. The molecule has 2 amide bonds. The van der Waals surface area contributed by atoms with E-state index >= 15 is 0 Å². The summed E-state index contributed by atoms with van der Waals surface area (Å²) in [5.41, 5.74) is 0.595. The number of hydrogen-bond donors (Lipinski definition) is 2. The maximum absolute atomic E-state index is 13.2. The lowest BCUT2D eigenvalue weighted by molar-refractivity contribution is -0.129. The van der Waals surface area contributed by atoms with E-state index < -0.39 is 6.04 Å². The van der Waals surface area contributed by atoms with Gasteiger partial charge in [-0.15, -0.1) is 0 Å². The van der Waals surface area contributed by atoms with E-state index in [-0.39, 0.29) is 29.0 Å². The Bertz CT molecular complexity index is 572. The summed E-state index contributed by atoms with van der Waals surface area (Å²) < 4.78 is 13.2. The normalized spacial score (nSPS) is 21.3. The number of carbonyl (C=O) groups excluding carboxylic acids is 2. The molecule has 1 aliphatic rings. The molecular formula is C17H23FN2O2. The van der Waals surface area contributed by atoms with Crippen molar-refractivity contribution in [3.63, 3.8) is 0 Å². The number of hydrogen-bond acceptors (Lipinski definition) is 2. The zero-order valence-corrected chi connectivity index (χ0v) is 13.3. The van der Waals surface area contributed by atoms with Crippen molar-refractivity contribution < 1.29 is 14.0 Å². The first-order valence-corrected chi connectivity index (χ1v) is 7.59. The van der Waals surface area contributed by atoms with Crippen molar-refractivity contribution in [3.8, 4) is 0 Å². The highest BCUT2D eigenvalue weighted by Crippen LogP contribution is 2.25. The van der Waals surface area contributed by atoms with E-state index in [1.807, 2.05) is 26.8 Å². The summed E-state index contributed by atoms with van der Waals surface area (Å²) in [5.74, 6) is -0.455. The topological polar surface area (TPSA) is 58.2 Å². The predicted molar refractivity (Wildman–Crippen MR) is 82.6 cm³/mol. The second kappa shape index (κ2) is 6.46. The van der Waals surface area contributed by atoms with E-state index in [1.54, 1.807) is 6.07 Å². The fourth-order valence-corrected chi connectivity index (χ4v) is 2.81. The first-order chi connectivity index (χ1) is 10.3. The van der Waals surface area contributed by atoms with Gasteiger partial charge in [-0.1, -0.05) is 32.9 Å². The number of carbonyl (C=O) groups is 2. The van der Waals surface area contributed by atoms with E-state index in [2.05, 4.69) is 10.6 Å². The van der Waals surface area contributed by atoms with Crippen molar-refractivity contribution in [1.82, 2.24) is 10.6 Å². The third kappa shape index (κ3) is 4.06. The van der Waals surface area contributed by atoms with Crippen LogP contribution in [0.5, 0.6) is 0 Å². The molecule has 0 aromatic heterocycles. The molecule has 0 saturated carbocycles. The lowest BCUT2D eigenvalue weighted by Gasteiger charge is -2.25. The van der Waals surface area contributed by atoms with Crippen LogP contribution in [0.3, 0.4) is 0 Å². The van der Waals surface area contributed by atoms with Crippen molar-refractivity contribution in [2.45, 2.75) is 39.7 Å². The highest BCUT2D eigenvalue weighted by atomic mass is 19.1. The lowest BCUT2D eigenvalue weighted by atomic mass is 9.87. The molecule has 1 aromatic carbocycles. The Hall–Kier alpha value is -1.91. The molecule has 22 heavy (non-hydrogen) atoms. The number of rotatable bonds is 5. The summed E-state index contributed by atoms with van der Waals surface area (Å²) in [7, 11) is 0. The first-order valence-electron chi connectivity index (χ1n) is 7.59. The Morgan fingerprint density at radius 1 is 1.50 bits per heavy atom. The van der Waals surface area contributed by atoms with Gasteiger partial charge in [-0.3, -0.25) is 9.59 Å². The van der Waals surface area contributed by atoms with E-state index in [0.29, 0.717) is 19.4 Å². The first kappa shape index (κ1) is 16.5. The molecule has 0 spiro atoms. The van der Waals surface area contributed by atoms with Crippen LogP contribution >= 0.6 is 0 Å². The minimum Gasteiger partial charge on any atom is -0.354 e. The SMILES string of the molecule is C[C@@H](CC(=O)N[C@H]1C(=O)NCC1(C)C)Cc1cccc(F)c1. The monoisotopic (exact) mass is 306 g/mol. The predicted octanol–water partition coefficient (Wildman–Crippen LogP) is 2.04. The Balaban J connectivity index is 1.88. The lowest BCUT2D eigenvalue weighted by Crippen LogP contribution is -2.47. The van der Waals surface area contributed by atoms with Crippen LogP contribution in [0.25, 0.3) is 0 Å². The van der Waals surface area contributed by atoms with Gasteiger partial charge < -0.3 is 10.6 Å². The van der Waals surface area contributed by atoms with Gasteiger partial charge in [0, 0.05) is 18.4 Å². The highest BCUT2D eigenvalue weighted by molar-refractivity contribution is 5.90. The van der Waals surface area contributed by atoms with Crippen LogP contribution < -0.4 is 10.6 Å². The van der Waals surface area contributed by atoms with E-state index in [4.69, 9.17) is 0 Å². The number of amides is 2. The van der Waals surface area contributed by atoms with Crippen molar-refractivity contribution in [1.29, 1.82) is 0 Å². The molecule has 2 rings (SSSR count). The molecular weight excluding hydrogens is 283 g/mol. The third-order valence-electron chi connectivity index (χ3n) is 4.07. The average molecular weight is 306 g/mol. The van der Waals surface area contributed by atoms with Crippen LogP contribution in [-0.4, -0.2) is 24.4 Å². The van der Waals surface area contributed by atoms with E-state index in [1.165, 1.54) is 12.1 Å². The van der Waals surface area contributed by atoms with Gasteiger partial charge in [0.25, 0.3) is 0 Å². The number of nitrogens with one attached hydrogen (secondary N) is 2. The molecule has 5 heteroatoms. The molecule has 0 bridgehead atoms. The van der Waals surface area contributed by atoms with Crippen LogP contribution in [-0.2, 0) is 16.0 Å². The molecule has 0 aliphatic carbocycles. The van der Waals surface area contributed by atoms with Crippen molar-refractivity contribution in [2.75, 3.05) is 6.54 Å². The summed E-state index contributed by atoms with van der Waals surface area (Å²) in [6, 6.07) is 5.93. The highest BCUT2D eigenvalue weighted by Gasteiger charge is 2.42. The molecule has 1 aliphatic heterocycles. The van der Waals surface area contributed by atoms with Crippen molar-refractivity contribution in [2.24, 2.45) is 11.3 Å². The molecule has 1 fully saturated rings.